The van der Waals surface area contributed by atoms with E-state index in [0.29, 0.717) is 13.2 Å². The zero-order valence-corrected chi connectivity index (χ0v) is 10.1. The second kappa shape index (κ2) is 6.48. The molecule has 7 nitrogen and oxygen atoms in total. The maximum atomic E-state index is 10.8. The zero-order valence-electron chi connectivity index (χ0n) is 9.25. The number of methoxy groups -OCH3 is 2. The molecule has 1 aliphatic rings. The van der Waals surface area contributed by atoms with Gasteiger partial charge >= 0.3 is 10.4 Å². The standard InChI is InChI=1S/C8H16O7S/c1-11-3-7(12-2)4-13-5-8-6-14-16(9,10)15-8/h7-8H,3-6H2,1-2H3. The van der Waals surface area contributed by atoms with Gasteiger partial charge in [0.1, 0.15) is 12.2 Å². The summed E-state index contributed by atoms with van der Waals surface area (Å²) in [6.07, 6.45) is -0.756. The zero-order chi connectivity index (χ0) is 12.0. The maximum Gasteiger partial charge on any atom is 0.400 e. The van der Waals surface area contributed by atoms with Gasteiger partial charge in [-0.15, -0.1) is 0 Å². The molecular weight excluding hydrogens is 240 g/mol. The summed E-state index contributed by atoms with van der Waals surface area (Å²) in [7, 11) is -0.688. The van der Waals surface area contributed by atoms with Crippen LogP contribution in [0.2, 0.25) is 0 Å². The van der Waals surface area contributed by atoms with Gasteiger partial charge in [-0.2, -0.15) is 8.42 Å². The van der Waals surface area contributed by atoms with Crippen molar-refractivity contribution in [1.29, 1.82) is 0 Å². The number of rotatable bonds is 7. The van der Waals surface area contributed by atoms with Gasteiger partial charge in [0.25, 0.3) is 0 Å². The average Bonchev–Trinajstić information content (AvgIpc) is 2.57. The number of hydrogen-bond donors (Lipinski definition) is 0. The first kappa shape index (κ1) is 13.8. The fraction of sp³-hybridized carbons (Fsp3) is 1.00. The molecule has 0 bridgehead atoms. The van der Waals surface area contributed by atoms with Crippen LogP contribution in [0.1, 0.15) is 0 Å². The SMILES string of the molecule is COCC(COCC1COS(=O)(=O)O1)OC. The molecule has 8 heteroatoms. The van der Waals surface area contributed by atoms with E-state index in [1.807, 2.05) is 0 Å². The van der Waals surface area contributed by atoms with E-state index in [2.05, 4.69) is 8.37 Å². The van der Waals surface area contributed by atoms with E-state index in [1.54, 1.807) is 14.2 Å². The summed E-state index contributed by atoms with van der Waals surface area (Å²) in [5.41, 5.74) is 0. The van der Waals surface area contributed by atoms with Gasteiger partial charge in [-0.1, -0.05) is 0 Å². The molecule has 0 aromatic carbocycles. The summed E-state index contributed by atoms with van der Waals surface area (Å²) < 4.78 is 45.7. The predicted octanol–water partition coefficient (Wildman–Crippen LogP) is -0.675. The van der Waals surface area contributed by atoms with E-state index in [-0.39, 0.29) is 19.3 Å². The first-order valence-corrected chi connectivity index (χ1v) is 6.08. The Bertz CT molecular complexity index is 289. The molecule has 0 spiro atoms. The van der Waals surface area contributed by atoms with Crippen molar-refractivity contribution >= 4 is 10.4 Å². The molecule has 1 heterocycles. The molecule has 96 valence electrons. The van der Waals surface area contributed by atoms with Crippen LogP contribution >= 0.6 is 0 Å². The molecule has 2 atom stereocenters. The minimum atomic E-state index is -3.80. The van der Waals surface area contributed by atoms with Gasteiger partial charge < -0.3 is 14.2 Å². The molecule has 16 heavy (non-hydrogen) atoms. The highest BCUT2D eigenvalue weighted by Crippen LogP contribution is 2.12. The van der Waals surface area contributed by atoms with E-state index in [0.717, 1.165) is 0 Å². The van der Waals surface area contributed by atoms with Crippen LogP contribution in [0.15, 0.2) is 0 Å². The van der Waals surface area contributed by atoms with Crippen LogP contribution in [-0.4, -0.2) is 61.3 Å². The van der Waals surface area contributed by atoms with Crippen molar-refractivity contribution in [2.24, 2.45) is 0 Å². The van der Waals surface area contributed by atoms with E-state index in [4.69, 9.17) is 14.2 Å². The van der Waals surface area contributed by atoms with Crippen LogP contribution < -0.4 is 0 Å². The van der Waals surface area contributed by atoms with Gasteiger partial charge in [-0.05, 0) is 0 Å². The topological polar surface area (TPSA) is 80.3 Å². The Kier molecular flexibility index (Phi) is 5.59. The van der Waals surface area contributed by atoms with E-state index >= 15 is 0 Å². The fourth-order valence-corrected chi connectivity index (χ4v) is 1.98. The molecule has 2 unspecified atom stereocenters. The van der Waals surface area contributed by atoms with E-state index in [1.165, 1.54) is 0 Å². The Hall–Kier alpha value is -0.250. The lowest BCUT2D eigenvalue weighted by molar-refractivity contribution is -0.0431. The maximum absolute atomic E-state index is 10.8. The average molecular weight is 256 g/mol. The van der Waals surface area contributed by atoms with Crippen LogP contribution in [0.25, 0.3) is 0 Å². The van der Waals surface area contributed by atoms with Crippen molar-refractivity contribution in [3.05, 3.63) is 0 Å². The van der Waals surface area contributed by atoms with Gasteiger partial charge in [0, 0.05) is 14.2 Å². The van der Waals surface area contributed by atoms with Crippen molar-refractivity contribution in [2.45, 2.75) is 12.2 Å². The first-order chi connectivity index (χ1) is 7.57. The lowest BCUT2D eigenvalue weighted by Gasteiger charge is -2.15. The van der Waals surface area contributed by atoms with Crippen molar-refractivity contribution < 1.29 is 31.0 Å². The third-order valence-electron chi connectivity index (χ3n) is 1.95. The van der Waals surface area contributed by atoms with Crippen molar-refractivity contribution in [3.8, 4) is 0 Å². The van der Waals surface area contributed by atoms with Gasteiger partial charge in [0.05, 0.1) is 26.4 Å². The minimum absolute atomic E-state index is 0.00966. The van der Waals surface area contributed by atoms with Crippen molar-refractivity contribution in [3.63, 3.8) is 0 Å². The summed E-state index contributed by atoms with van der Waals surface area (Å²) in [6.45, 7) is 0.855. The Labute approximate surface area is 94.9 Å². The smallest absolute Gasteiger partial charge is 0.382 e. The molecule has 1 aliphatic heterocycles. The van der Waals surface area contributed by atoms with E-state index in [9.17, 15) is 8.42 Å². The van der Waals surface area contributed by atoms with Crippen LogP contribution in [0.4, 0.5) is 0 Å². The van der Waals surface area contributed by atoms with Gasteiger partial charge in [-0.3, -0.25) is 0 Å². The molecule has 1 rings (SSSR count). The summed E-state index contributed by atoms with van der Waals surface area (Å²) in [5.74, 6) is 0. The molecule has 0 saturated carbocycles. The molecule has 0 aromatic rings. The van der Waals surface area contributed by atoms with Gasteiger partial charge in [0.15, 0.2) is 0 Å². The number of ether oxygens (including phenoxy) is 3. The third kappa shape index (κ3) is 4.73. The Morgan fingerprint density at radius 1 is 1.38 bits per heavy atom. The van der Waals surface area contributed by atoms with Crippen LogP contribution in [0, 0.1) is 0 Å². The van der Waals surface area contributed by atoms with Crippen LogP contribution in [-0.2, 0) is 33.0 Å². The third-order valence-corrected chi connectivity index (χ3v) is 2.88. The minimum Gasteiger partial charge on any atom is -0.382 e. The normalized spacial score (nSPS) is 25.8. The van der Waals surface area contributed by atoms with Gasteiger partial charge in [-0.25, -0.2) is 8.37 Å². The van der Waals surface area contributed by atoms with Gasteiger partial charge in [0.2, 0.25) is 0 Å². The van der Waals surface area contributed by atoms with Crippen LogP contribution in [0.5, 0.6) is 0 Å². The summed E-state index contributed by atoms with van der Waals surface area (Å²) in [5, 5.41) is 0. The lowest BCUT2D eigenvalue weighted by atomic mass is 10.4. The highest BCUT2D eigenvalue weighted by atomic mass is 32.3. The fourth-order valence-electron chi connectivity index (χ4n) is 1.16. The van der Waals surface area contributed by atoms with Crippen LogP contribution in [0.3, 0.4) is 0 Å². The van der Waals surface area contributed by atoms with Crippen molar-refractivity contribution in [2.75, 3.05) is 40.6 Å². The largest absolute Gasteiger partial charge is 0.400 e. The highest BCUT2D eigenvalue weighted by Gasteiger charge is 2.30. The molecule has 1 saturated heterocycles. The molecule has 0 aliphatic carbocycles. The summed E-state index contributed by atoms with van der Waals surface area (Å²) in [6, 6.07) is 0. The quantitative estimate of drug-likeness (QED) is 0.597. The molecule has 0 aromatic heterocycles. The predicted molar refractivity (Wildman–Crippen MR) is 53.2 cm³/mol. The Morgan fingerprint density at radius 3 is 2.62 bits per heavy atom. The second-order valence-electron chi connectivity index (χ2n) is 3.26. The Morgan fingerprint density at radius 2 is 2.12 bits per heavy atom. The van der Waals surface area contributed by atoms with E-state index < -0.39 is 16.5 Å². The molecule has 0 N–H and O–H groups in total. The molecule has 0 radical (unpaired) electrons. The highest BCUT2D eigenvalue weighted by molar-refractivity contribution is 7.82. The molecule has 1 fully saturated rings. The van der Waals surface area contributed by atoms with Crippen molar-refractivity contribution in [1.82, 2.24) is 0 Å². The number of hydrogen-bond acceptors (Lipinski definition) is 7. The second-order valence-corrected chi connectivity index (χ2v) is 4.51. The summed E-state index contributed by atoms with van der Waals surface area (Å²) in [4.78, 5) is 0. The molecular formula is C8H16O7S. The monoisotopic (exact) mass is 256 g/mol. The molecule has 0 amide bonds. The lowest BCUT2D eigenvalue weighted by Crippen LogP contribution is -2.27. The Balaban J connectivity index is 2.16. The first-order valence-electron chi connectivity index (χ1n) is 4.74. The summed E-state index contributed by atoms with van der Waals surface area (Å²) >= 11 is 0.